The van der Waals surface area contributed by atoms with Crippen molar-refractivity contribution in [2.75, 3.05) is 6.54 Å². The van der Waals surface area contributed by atoms with Crippen LogP contribution in [0.5, 0.6) is 0 Å². The van der Waals surface area contributed by atoms with Gasteiger partial charge in [-0.05, 0) is 39.0 Å². The van der Waals surface area contributed by atoms with Gasteiger partial charge in [0.2, 0.25) is 0 Å². The number of rotatable bonds is 7. The Morgan fingerprint density at radius 2 is 2.05 bits per heavy atom. The van der Waals surface area contributed by atoms with Crippen molar-refractivity contribution in [3.8, 4) is 0 Å². The first kappa shape index (κ1) is 17.8. The summed E-state index contributed by atoms with van der Waals surface area (Å²) in [5.74, 6) is -0.0826. The molecule has 2 amide bonds. The highest BCUT2D eigenvalue weighted by molar-refractivity contribution is 5.75. The van der Waals surface area contributed by atoms with Crippen LogP contribution in [0.4, 0.5) is 4.79 Å². The van der Waals surface area contributed by atoms with Gasteiger partial charge in [-0.3, -0.25) is 4.79 Å². The molecule has 0 radical (unpaired) electrons. The number of carbonyl (C=O) groups excluding carboxylic acids is 1. The molecule has 21 heavy (non-hydrogen) atoms. The van der Waals surface area contributed by atoms with Crippen LogP contribution in [0.3, 0.4) is 0 Å². The van der Waals surface area contributed by atoms with Crippen LogP contribution in [0.25, 0.3) is 0 Å². The van der Waals surface area contributed by atoms with Crippen molar-refractivity contribution in [2.24, 2.45) is 5.92 Å². The van der Waals surface area contributed by atoms with Crippen LogP contribution < -0.4 is 5.32 Å². The number of carbonyl (C=O) groups is 2. The van der Waals surface area contributed by atoms with E-state index in [0.29, 0.717) is 13.0 Å². The number of aliphatic carboxylic acids is 1. The summed E-state index contributed by atoms with van der Waals surface area (Å²) in [4.78, 5) is 24.7. The van der Waals surface area contributed by atoms with Crippen molar-refractivity contribution in [3.05, 3.63) is 0 Å². The first-order valence-electron chi connectivity index (χ1n) is 8.23. The van der Waals surface area contributed by atoms with Crippen LogP contribution >= 0.6 is 0 Å². The van der Waals surface area contributed by atoms with Crippen molar-refractivity contribution < 1.29 is 14.7 Å². The topological polar surface area (TPSA) is 69.6 Å². The Bertz CT molecular complexity index is 344. The van der Waals surface area contributed by atoms with Gasteiger partial charge in [0.25, 0.3) is 0 Å². The predicted molar refractivity (Wildman–Crippen MR) is 83.3 cm³/mol. The van der Waals surface area contributed by atoms with Crippen LogP contribution in [0.1, 0.15) is 65.7 Å². The van der Waals surface area contributed by atoms with Crippen molar-refractivity contribution in [3.63, 3.8) is 0 Å². The highest BCUT2D eigenvalue weighted by atomic mass is 16.4. The molecule has 122 valence electrons. The van der Waals surface area contributed by atoms with E-state index in [1.165, 1.54) is 19.3 Å². The number of hydrogen-bond acceptors (Lipinski definition) is 2. The molecule has 0 heterocycles. The summed E-state index contributed by atoms with van der Waals surface area (Å²) in [6.45, 7) is 6.65. The van der Waals surface area contributed by atoms with Crippen LogP contribution in [-0.4, -0.2) is 40.6 Å². The molecular formula is C16H30N2O3. The van der Waals surface area contributed by atoms with Crippen LogP contribution in [0.15, 0.2) is 0 Å². The highest BCUT2D eigenvalue weighted by Gasteiger charge is 2.25. The molecule has 1 rings (SSSR count). The molecule has 0 aromatic rings. The zero-order chi connectivity index (χ0) is 15.8. The molecular weight excluding hydrogens is 268 g/mol. The average Bonchev–Trinajstić information content (AvgIpc) is 2.42. The molecule has 0 bridgehead atoms. The zero-order valence-corrected chi connectivity index (χ0v) is 13.6. The van der Waals surface area contributed by atoms with E-state index >= 15 is 0 Å². The van der Waals surface area contributed by atoms with Crippen LogP contribution in [0.2, 0.25) is 0 Å². The maximum Gasteiger partial charge on any atom is 0.317 e. The molecule has 0 saturated heterocycles. The van der Waals surface area contributed by atoms with E-state index < -0.39 is 5.97 Å². The van der Waals surface area contributed by atoms with E-state index in [-0.39, 0.29) is 24.5 Å². The number of nitrogens with zero attached hydrogens (tertiary/aromatic N) is 1. The fraction of sp³-hybridized carbons (Fsp3) is 0.875. The van der Waals surface area contributed by atoms with E-state index in [1.807, 2.05) is 13.8 Å². The Morgan fingerprint density at radius 3 is 2.62 bits per heavy atom. The van der Waals surface area contributed by atoms with Gasteiger partial charge in [-0.2, -0.15) is 0 Å². The summed E-state index contributed by atoms with van der Waals surface area (Å²) >= 11 is 0. The molecule has 0 aromatic heterocycles. The van der Waals surface area contributed by atoms with Crippen molar-refractivity contribution >= 4 is 12.0 Å². The summed E-state index contributed by atoms with van der Waals surface area (Å²) in [7, 11) is 0. The molecule has 2 atom stereocenters. The Hall–Kier alpha value is -1.26. The normalized spacial score (nSPS) is 22.1. The maximum atomic E-state index is 12.4. The summed E-state index contributed by atoms with van der Waals surface area (Å²) in [5, 5.41) is 11.8. The van der Waals surface area contributed by atoms with Crippen LogP contribution in [0, 0.1) is 5.92 Å². The van der Waals surface area contributed by atoms with Gasteiger partial charge in [0.05, 0.1) is 0 Å². The van der Waals surface area contributed by atoms with Gasteiger partial charge in [-0.15, -0.1) is 0 Å². The lowest BCUT2D eigenvalue weighted by atomic mass is 9.84. The van der Waals surface area contributed by atoms with Crippen molar-refractivity contribution in [1.82, 2.24) is 10.2 Å². The Labute approximate surface area is 128 Å². The van der Waals surface area contributed by atoms with E-state index in [4.69, 9.17) is 5.11 Å². The second kappa shape index (κ2) is 8.90. The number of hydrogen-bond donors (Lipinski definition) is 2. The largest absolute Gasteiger partial charge is 0.481 e. The summed E-state index contributed by atoms with van der Waals surface area (Å²) < 4.78 is 0. The number of carboxylic acids is 1. The summed E-state index contributed by atoms with van der Waals surface area (Å²) in [6.07, 6.45) is 6.38. The average molecular weight is 298 g/mol. The van der Waals surface area contributed by atoms with E-state index in [0.717, 1.165) is 18.8 Å². The van der Waals surface area contributed by atoms with Gasteiger partial charge < -0.3 is 15.3 Å². The van der Waals surface area contributed by atoms with Gasteiger partial charge >= 0.3 is 12.0 Å². The third kappa shape index (κ3) is 6.36. The molecule has 5 heteroatoms. The highest BCUT2D eigenvalue weighted by Crippen LogP contribution is 2.26. The second-order valence-electron chi connectivity index (χ2n) is 6.37. The molecule has 1 aliphatic rings. The molecule has 0 aliphatic heterocycles. The van der Waals surface area contributed by atoms with Crippen molar-refractivity contribution in [1.29, 1.82) is 0 Å². The van der Waals surface area contributed by atoms with Gasteiger partial charge in [0.1, 0.15) is 0 Å². The summed E-state index contributed by atoms with van der Waals surface area (Å²) in [5.41, 5.74) is 0. The van der Waals surface area contributed by atoms with E-state index in [1.54, 1.807) is 4.90 Å². The molecule has 1 saturated carbocycles. The third-order valence-corrected chi connectivity index (χ3v) is 4.36. The lowest BCUT2D eigenvalue weighted by Crippen LogP contribution is -2.49. The third-order valence-electron chi connectivity index (χ3n) is 4.36. The maximum absolute atomic E-state index is 12.4. The Kier molecular flexibility index (Phi) is 7.54. The number of urea groups is 1. The fourth-order valence-corrected chi connectivity index (χ4v) is 3.05. The quantitative estimate of drug-likeness (QED) is 0.758. The molecule has 1 aliphatic carbocycles. The molecule has 2 unspecified atom stereocenters. The first-order valence-corrected chi connectivity index (χ1v) is 8.23. The van der Waals surface area contributed by atoms with Crippen molar-refractivity contribution in [2.45, 2.75) is 77.8 Å². The lowest BCUT2D eigenvalue weighted by molar-refractivity contribution is -0.137. The standard InChI is InChI=1S/C16H30N2O3/c1-4-13-7-5-8-14(11-13)17-16(21)18(12(2)3)10-6-9-15(19)20/h12-14H,4-11H2,1-3H3,(H,17,21)(H,19,20). The Morgan fingerprint density at radius 1 is 1.33 bits per heavy atom. The molecule has 5 nitrogen and oxygen atoms in total. The molecule has 1 fully saturated rings. The first-order chi connectivity index (χ1) is 9.93. The minimum absolute atomic E-state index is 0.0443. The molecule has 2 N–H and O–H groups in total. The fourth-order valence-electron chi connectivity index (χ4n) is 3.05. The van der Waals surface area contributed by atoms with Gasteiger partial charge in [-0.25, -0.2) is 4.79 Å². The van der Waals surface area contributed by atoms with Crippen LogP contribution in [-0.2, 0) is 4.79 Å². The van der Waals surface area contributed by atoms with E-state index in [2.05, 4.69) is 12.2 Å². The summed E-state index contributed by atoms with van der Waals surface area (Å²) in [6, 6.07) is 0.318. The predicted octanol–water partition coefficient (Wildman–Crippen LogP) is 3.24. The number of amides is 2. The number of carboxylic acid groups (broad SMARTS) is 1. The SMILES string of the molecule is CCC1CCCC(NC(=O)N(CCCC(=O)O)C(C)C)C1. The molecule has 0 spiro atoms. The van der Waals surface area contributed by atoms with Gasteiger partial charge in [0, 0.05) is 25.0 Å². The lowest BCUT2D eigenvalue weighted by Gasteiger charge is -2.33. The minimum atomic E-state index is -0.808. The van der Waals surface area contributed by atoms with Gasteiger partial charge in [-0.1, -0.05) is 26.2 Å². The number of nitrogens with one attached hydrogen (secondary N) is 1. The monoisotopic (exact) mass is 298 g/mol. The second-order valence-corrected chi connectivity index (χ2v) is 6.37. The minimum Gasteiger partial charge on any atom is -0.481 e. The van der Waals surface area contributed by atoms with E-state index in [9.17, 15) is 9.59 Å². The van der Waals surface area contributed by atoms with Gasteiger partial charge in [0.15, 0.2) is 0 Å². The molecule has 0 aromatic carbocycles. The zero-order valence-electron chi connectivity index (χ0n) is 13.6. The smallest absolute Gasteiger partial charge is 0.317 e. The Balaban J connectivity index is 2.46.